The molecule has 3 amide bonds. The van der Waals surface area contributed by atoms with Gasteiger partial charge in [-0.2, -0.15) is 0 Å². The standard InChI is InChI=1S/C28H24N4O3S2/c1-19(26(33)32-25-11-5-6-16-29-25)37-22-14-12-21(13-15-22)30-28(35)24(18-23-10-7-17-36-23)31-27(34)20-8-3-2-4-9-20/h2-19H,1H3,(H,30,35)(H,31,34)(H,29,32,33)/b24-18-. The van der Waals surface area contributed by atoms with E-state index in [1.807, 2.05) is 48.7 Å². The van der Waals surface area contributed by atoms with Crippen molar-refractivity contribution in [2.24, 2.45) is 0 Å². The minimum absolute atomic E-state index is 0.134. The molecule has 0 aliphatic rings. The van der Waals surface area contributed by atoms with Gasteiger partial charge in [-0.3, -0.25) is 14.4 Å². The lowest BCUT2D eigenvalue weighted by atomic mass is 10.2. The zero-order valence-corrected chi connectivity index (χ0v) is 21.5. The Morgan fingerprint density at radius 2 is 1.65 bits per heavy atom. The van der Waals surface area contributed by atoms with E-state index in [-0.39, 0.29) is 22.8 Å². The number of amides is 3. The Morgan fingerprint density at radius 3 is 2.32 bits per heavy atom. The fraction of sp³-hybridized carbons (Fsp3) is 0.0714. The van der Waals surface area contributed by atoms with E-state index in [4.69, 9.17) is 0 Å². The molecule has 0 spiro atoms. The van der Waals surface area contributed by atoms with Crippen LogP contribution in [0.5, 0.6) is 0 Å². The van der Waals surface area contributed by atoms with Crippen LogP contribution in [0.2, 0.25) is 0 Å². The summed E-state index contributed by atoms with van der Waals surface area (Å²) >= 11 is 2.86. The molecule has 186 valence electrons. The molecular weight excluding hydrogens is 504 g/mol. The van der Waals surface area contributed by atoms with Gasteiger partial charge in [0.15, 0.2) is 0 Å². The number of rotatable bonds is 9. The van der Waals surface area contributed by atoms with E-state index in [0.29, 0.717) is 17.1 Å². The lowest BCUT2D eigenvalue weighted by molar-refractivity contribution is -0.115. The van der Waals surface area contributed by atoms with Gasteiger partial charge in [0.05, 0.1) is 5.25 Å². The van der Waals surface area contributed by atoms with Gasteiger partial charge in [-0.15, -0.1) is 23.1 Å². The van der Waals surface area contributed by atoms with E-state index in [9.17, 15) is 14.4 Å². The molecule has 2 heterocycles. The largest absolute Gasteiger partial charge is 0.321 e. The first-order valence-corrected chi connectivity index (χ1v) is 13.2. The van der Waals surface area contributed by atoms with Crippen LogP contribution in [0.4, 0.5) is 11.5 Å². The van der Waals surface area contributed by atoms with Crippen molar-refractivity contribution in [3.05, 3.63) is 113 Å². The first-order valence-electron chi connectivity index (χ1n) is 11.4. The number of carbonyl (C=O) groups excluding carboxylic acids is 3. The Hall–Kier alpha value is -4.21. The molecule has 37 heavy (non-hydrogen) atoms. The molecule has 4 rings (SSSR count). The molecule has 0 aliphatic heterocycles. The van der Waals surface area contributed by atoms with E-state index in [2.05, 4.69) is 20.9 Å². The maximum absolute atomic E-state index is 13.1. The fourth-order valence-corrected chi connectivity index (χ4v) is 4.72. The van der Waals surface area contributed by atoms with Crippen molar-refractivity contribution in [3.8, 4) is 0 Å². The number of benzene rings is 2. The molecule has 9 heteroatoms. The summed E-state index contributed by atoms with van der Waals surface area (Å²) in [5, 5.41) is 9.89. The second kappa shape index (κ2) is 12.7. The molecule has 2 aromatic carbocycles. The molecule has 3 N–H and O–H groups in total. The number of nitrogens with one attached hydrogen (secondary N) is 3. The fourth-order valence-electron chi connectivity index (χ4n) is 3.20. The molecule has 4 aromatic rings. The molecule has 0 fully saturated rings. The van der Waals surface area contributed by atoms with E-state index >= 15 is 0 Å². The molecule has 0 saturated heterocycles. The Balaban J connectivity index is 1.39. The number of hydrogen-bond donors (Lipinski definition) is 3. The van der Waals surface area contributed by atoms with E-state index in [1.54, 1.807) is 60.8 Å². The van der Waals surface area contributed by atoms with Gasteiger partial charge in [0.1, 0.15) is 11.5 Å². The van der Waals surface area contributed by atoms with E-state index in [1.165, 1.54) is 23.1 Å². The average Bonchev–Trinajstić information content (AvgIpc) is 3.43. The van der Waals surface area contributed by atoms with Crippen LogP contribution in [0.1, 0.15) is 22.2 Å². The summed E-state index contributed by atoms with van der Waals surface area (Å²) in [5.74, 6) is -0.466. The predicted molar refractivity (Wildman–Crippen MR) is 149 cm³/mol. The first kappa shape index (κ1) is 25.9. The van der Waals surface area contributed by atoms with E-state index in [0.717, 1.165) is 9.77 Å². The van der Waals surface area contributed by atoms with Gasteiger partial charge in [0.2, 0.25) is 5.91 Å². The highest BCUT2D eigenvalue weighted by Gasteiger charge is 2.17. The van der Waals surface area contributed by atoms with Gasteiger partial charge in [-0.05, 0) is 73.0 Å². The van der Waals surface area contributed by atoms with Crippen molar-refractivity contribution in [1.82, 2.24) is 10.3 Å². The number of thioether (sulfide) groups is 1. The zero-order valence-electron chi connectivity index (χ0n) is 19.9. The third-order valence-corrected chi connectivity index (χ3v) is 7.00. The highest BCUT2D eigenvalue weighted by Crippen LogP contribution is 2.26. The van der Waals surface area contributed by atoms with Crippen LogP contribution >= 0.6 is 23.1 Å². The van der Waals surface area contributed by atoms with E-state index < -0.39 is 5.91 Å². The summed E-state index contributed by atoms with van der Waals surface area (Å²) in [6.07, 6.45) is 3.27. The first-order chi connectivity index (χ1) is 18.0. The van der Waals surface area contributed by atoms with Crippen LogP contribution in [0.25, 0.3) is 6.08 Å². The average molecular weight is 529 g/mol. The van der Waals surface area contributed by atoms with Gasteiger partial charge in [-0.25, -0.2) is 4.98 Å². The lowest BCUT2D eigenvalue weighted by Gasteiger charge is -2.13. The maximum Gasteiger partial charge on any atom is 0.272 e. The summed E-state index contributed by atoms with van der Waals surface area (Å²) in [4.78, 5) is 44.0. The molecule has 0 radical (unpaired) electrons. The van der Waals surface area contributed by atoms with Gasteiger partial charge in [-0.1, -0.05) is 30.3 Å². The van der Waals surface area contributed by atoms with Crippen LogP contribution in [-0.4, -0.2) is 28.0 Å². The zero-order chi connectivity index (χ0) is 26.0. The second-order valence-electron chi connectivity index (χ2n) is 7.84. The summed E-state index contributed by atoms with van der Waals surface area (Å²) in [5.41, 5.74) is 1.15. The minimum atomic E-state index is -0.443. The highest BCUT2D eigenvalue weighted by atomic mass is 32.2. The molecule has 7 nitrogen and oxygen atoms in total. The monoisotopic (exact) mass is 528 g/mol. The third kappa shape index (κ3) is 7.63. The normalized spacial score (nSPS) is 11.9. The van der Waals surface area contributed by atoms with Crippen molar-refractivity contribution >= 4 is 58.4 Å². The molecule has 0 saturated carbocycles. The van der Waals surface area contributed by atoms with Crippen LogP contribution < -0.4 is 16.0 Å². The van der Waals surface area contributed by atoms with Gasteiger partial charge >= 0.3 is 0 Å². The number of pyridine rings is 1. The number of hydrogen-bond acceptors (Lipinski definition) is 6. The van der Waals surface area contributed by atoms with Crippen LogP contribution in [0, 0.1) is 0 Å². The number of anilines is 2. The smallest absolute Gasteiger partial charge is 0.272 e. The second-order valence-corrected chi connectivity index (χ2v) is 10.2. The van der Waals surface area contributed by atoms with Gasteiger partial charge in [0, 0.05) is 27.2 Å². The van der Waals surface area contributed by atoms with Crippen molar-refractivity contribution in [3.63, 3.8) is 0 Å². The molecule has 1 atom stereocenters. The summed E-state index contributed by atoms with van der Waals surface area (Å²) < 4.78 is 0. The van der Waals surface area contributed by atoms with Crippen LogP contribution in [0.3, 0.4) is 0 Å². The highest BCUT2D eigenvalue weighted by molar-refractivity contribution is 8.00. The summed E-state index contributed by atoms with van der Waals surface area (Å²) in [7, 11) is 0. The topological polar surface area (TPSA) is 100 Å². The summed E-state index contributed by atoms with van der Waals surface area (Å²) in [6.45, 7) is 1.82. The number of thiophene rings is 1. The Kier molecular flexibility index (Phi) is 8.85. The van der Waals surface area contributed by atoms with Gasteiger partial charge < -0.3 is 16.0 Å². The van der Waals surface area contributed by atoms with Crippen molar-refractivity contribution in [2.75, 3.05) is 10.6 Å². The molecule has 2 aromatic heterocycles. The van der Waals surface area contributed by atoms with Crippen LogP contribution in [-0.2, 0) is 9.59 Å². The molecule has 0 aliphatic carbocycles. The number of nitrogens with zero attached hydrogens (tertiary/aromatic N) is 1. The summed E-state index contributed by atoms with van der Waals surface area (Å²) in [6, 6.07) is 25.0. The minimum Gasteiger partial charge on any atom is -0.321 e. The molecule has 1 unspecified atom stereocenters. The number of aromatic nitrogens is 1. The van der Waals surface area contributed by atoms with Crippen molar-refractivity contribution < 1.29 is 14.4 Å². The Labute approximate surface area is 223 Å². The Morgan fingerprint density at radius 1 is 0.892 bits per heavy atom. The number of carbonyl (C=O) groups is 3. The van der Waals surface area contributed by atoms with Crippen molar-refractivity contribution in [2.45, 2.75) is 17.1 Å². The molecular formula is C28H24N4O3S2. The van der Waals surface area contributed by atoms with Crippen molar-refractivity contribution in [1.29, 1.82) is 0 Å². The quantitative estimate of drug-likeness (QED) is 0.192. The molecule has 0 bridgehead atoms. The SMILES string of the molecule is CC(Sc1ccc(NC(=O)/C(=C/c2cccs2)NC(=O)c2ccccc2)cc1)C(=O)Nc1ccccn1. The predicted octanol–water partition coefficient (Wildman–Crippen LogP) is 5.67. The Bertz CT molecular complexity index is 1370. The third-order valence-electron chi connectivity index (χ3n) is 5.07. The van der Waals surface area contributed by atoms with Crippen LogP contribution in [0.15, 0.2) is 107 Å². The van der Waals surface area contributed by atoms with Gasteiger partial charge in [0.25, 0.3) is 11.8 Å². The maximum atomic E-state index is 13.1. The lowest BCUT2D eigenvalue weighted by Crippen LogP contribution is -2.30.